The molecule has 1 amide bonds. The van der Waals surface area contributed by atoms with Gasteiger partial charge in [0.25, 0.3) is 5.91 Å². The fraction of sp³-hybridized carbons (Fsp3) is 0.280. The molecule has 2 aromatic heterocycles. The average molecular weight is 430 g/mol. The first-order chi connectivity index (χ1) is 15.5. The number of H-pyrrole nitrogens is 1. The van der Waals surface area contributed by atoms with Gasteiger partial charge in [-0.1, -0.05) is 18.2 Å². The summed E-state index contributed by atoms with van der Waals surface area (Å²) >= 11 is 0. The second-order valence-electron chi connectivity index (χ2n) is 8.54. The fourth-order valence-corrected chi connectivity index (χ4v) is 4.40. The maximum absolute atomic E-state index is 12.3. The molecule has 0 radical (unpaired) electrons. The number of benzene rings is 2. The van der Waals surface area contributed by atoms with Crippen LogP contribution in [-0.4, -0.2) is 61.2 Å². The Morgan fingerprint density at radius 2 is 1.97 bits per heavy atom. The van der Waals surface area contributed by atoms with Crippen molar-refractivity contribution in [1.82, 2.24) is 14.9 Å². The highest BCUT2D eigenvalue weighted by molar-refractivity contribution is 6.14. The predicted octanol–water partition coefficient (Wildman–Crippen LogP) is 3.38. The van der Waals surface area contributed by atoms with Crippen molar-refractivity contribution in [3.8, 4) is 11.3 Å². The SMILES string of the molecule is CN(C)Cc1cccc(-c2cc(C(N)=O)c3[nH]c4cc(N5CCOCC5)ccc4c3n2)c1. The van der Waals surface area contributed by atoms with E-state index in [1.165, 1.54) is 5.56 Å². The van der Waals surface area contributed by atoms with E-state index in [0.717, 1.165) is 66.2 Å². The van der Waals surface area contributed by atoms with Crippen molar-refractivity contribution in [2.24, 2.45) is 5.73 Å². The average Bonchev–Trinajstić information content (AvgIpc) is 3.16. The molecule has 3 N–H and O–H groups in total. The Balaban J connectivity index is 1.64. The summed E-state index contributed by atoms with van der Waals surface area (Å²) < 4.78 is 5.47. The largest absolute Gasteiger partial charge is 0.378 e. The van der Waals surface area contributed by atoms with Crippen LogP contribution in [0.3, 0.4) is 0 Å². The van der Waals surface area contributed by atoms with Gasteiger partial charge in [-0.25, -0.2) is 4.98 Å². The molecule has 0 saturated carbocycles. The number of aromatic nitrogens is 2. The summed E-state index contributed by atoms with van der Waals surface area (Å²) in [5, 5.41) is 0.978. The van der Waals surface area contributed by atoms with E-state index in [1.54, 1.807) is 6.07 Å². The molecule has 0 atom stereocenters. The monoisotopic (exact) mass is 429 g/mol. The lowest BCUT2D eigenvalue weighted by Crippen LogP contribution is -2.36. The van der Waals surface area contributed by atoms with Crippen LogP contribution in [0.25, 0.3) is 33.2 Å². The zero-order valence-electron chi connectivity index (χ0n) is 18.4. The molecule has 1 aliphatic rings. The third-order valence-corrected chi connectivity index (χ3v) is 5.90. The number of carbonyl (C=O) groups is 1. The highest BCUT2D eigenvalue weighted by Crippen LogP contribution is 2.32. The Hall–Kier alpha value is -3.42. The summed E-state index contributed by atoms with van der Waals surface area (Å²) in [6.45, 7) is 4.02. The number of pyridine rings is 1. The quantitative estimate of drug-likeness (QED) is 0.508. The number of aromatic amines is 1. The molecule has 0 spiro atoms. The van der Waals surface area contributed by atoms with Crippen LogP contribution in [0, 0.1) is 0 Å². The molecular formula is C25H27N5O2. The van der Waals surface area contributed by atoms with Crippen molar-refractivity contribution < 1.29 is 9.53 Å². The molecule has 2 aromatic carbocycles. The van der Waals surface area contributed by atoms with E-state index < -0.39 is 5.91 Å². The molecule has 0 bridgehead atoms. The van der Waals surface area contributed by atoms with Gasteiger partial charge in [0, 0.05) is 36.3 Å². The van der Waals surface area contributed by atoms with Gasteiger partial charge >= 0.3 is 0 Å². The zero-order chi connectivity index (χ0) is 22.2. The summed E-state index contributed by atoms with van der Waals surface area (Å²) in [6.07, 6.45) is 0. The Bertz CT molecular complexity index is 1300. The number of hydrogen-bond acceptors (Lipinski definition) is 5. The Morgan fingerprint density at radius 1 is 1.16 bits per heavy atom. The van der Waals surface area contributed by atoms with Crippen LogP contribution in [-0.2, 0) is 11.3 Å². The van der Waals surface area contributed by atoms with E-state index in [2.05, 4.69) is 45.1 Å². The molecule has 1 fully saturated rings. The number of morpholine rings is 1. The number of hydrogen-bond donors (Lipinski definition) is 2. The van der Waals surface area contributed by atoms with Crippen LogP contribution >= 0.6 is 0 Å². The molecule has 164 valence electrons. The van der Waals surface area contributed by atoms with Crippen LogP contribution in [0.2, 0.25) is 0 Å². The van der Waals surface area contributed by atoms with Crippen LogP contribution < -0.4 is 10.6 Å². The summed E-state index contributed by atoms with van der Waals surface area (Å²) in [5.74, 6) is -0.469. The standard InChI is InChI=1S/C25H27N5O2/c1-29(2)15-16-4-3-5-17(12-16)21-14-20(25(26)31)24-23(27-21)19-7-6-18(13-22(19)28-24)30-8-10-32-11-9-30/h3-7,12-14,28H,8-11,15H2,1-2H3,(H2,26,31). The van der Waals surface area contributed by atoms with Crippen LogP contribution in [0.15, 0.2) is 48.5 Å². The maximum atomic E-state index is 12.3. The summed E-state index contributed by atoms with van der Waals surface area (Å²) in [7, 11) is 4.08. The van der Waals surface area contributed by atoms with E-state index in [-0.39, 0.29) is 0 Å². The minimum Gasteiger partial charge on any atom is -0.378 e. The van der Waals surface area contributed by atoms with Crippen molar-refractivity contribution >= 4 is 33.5 Å². The molecule has 1 aliphatic heterocycles. The molecule has 1 saturated heterocycles. The fourth-order valence-electron chi connectivity index (χ4n) is 4.40. The lowest BCUT2D eigenvalue weighted by molar-refractivity contribution is 0.100. The highest BCUT2D eigenvalue weighted by atomic mass is 16.5. The van der Waals surface area contributed by atoms with E-state index in [1.807, 2.05) is 26.2 Å². The van der Waals surface area contributed by atoms with Crippen molar-refractivity contribution in [1.29, 1.82) is 0 Å². The first kappa shape index (κ1) is 20.5. The van der Waals surface area contributed by atoms with E-state index in [9.17, 15) is 4.79 Å². The number of nitrogens with one attached hydrogen (secondary N) is 1. The van der Waals surface area contributed by atoms with Crippen molar-refractivity contribution in [2.75, 3.05) is 45.3 Å². The van der Waals surface area contributed by atoms with Gasteiger partial charge in [0.15, 0.2) is 0 Å². The van der Waals surface area contributed by atoms with Gasteiger partial charge in [0.2, 0.25) is 0 Å². The summed E-state index contributed by atoms with van der Waals surface area (Å²) in [4.78, 5) is 25.1. The number of rotatable bonds is 5. The lowest BCUT2D eigenvalue weighted by Gasteiger charge is -2.28. The summed E-state index contributed by atoms with van der Waals surface area (Å²) in [5.41, 5.74) is 12.6. The number of anilines is 1. The zero-order valence-corrected chi connectivity index (χ0v) is 18.4. The number of fused-ring (bicyclic) bond motifs is 3. The number of ether oxygens (including phenoxy) is 1. The molecular weight excluding hydrogens is 402 g/mol. The van der Waals surface area contributed by atoms with E-state index in [0.29, 0.717) is 11.1 Å². The van der Waals surface area contributed by atoms with Gasteiger partial charge in [-0.3, -0.25) is 4.79 Å². The first-order valence-electron chi connectivity index (χ1n) is 10.8. The van der Waals surface area contributed by atoms with Crippen LogP contribution in [0.5, 0.6) is 0 Å². The number of carbonyl (C=O) groups excluding carboxylic acids is 1. The third-order valence-electron chi connectivity index (χ3n) is 5.90. The topological polar surface area (TPSA) is 87.5 Å². The second kappa shape index (κ2) is 8.26. The molecule has 7 heteroatoms. The van der Waals surface area contributed by atoms with Gasteiger partial charge < -0.3 is 25.3 Å². The summed E-state index contributed by atoms with van der Waals surface area (Å²) in [6, 6.07) is 16.3. The highest BCUT2D eigenvalue weighted by Gasteiger charge is 2.18. The van der Waals surface area contributed by atoms with Crippen molar-refractivity contribution in [3.63, 3.8) is 0 Å². The van der Waals surface area contributed by atoms with Crippen molar-refractivity contribution in [2.45, 2.75) is 6.54 Å². The van der Waals surface area contributed by atoms with Crippen LogP contribution in [0.4, 0.5) is 5.69 Å². The maximum Gasteiger partial charge on any atom is 0.250 e. The number of amides is 1. The normalized spacial score (nSPS) is 14.5. The van der Waals surface area contributed by atoms with Gasteiger partial charge in [0.05, 0.1) is 41.0 Å². The Morgan fingerprint density at radius 3 is 2.72 bits per heavy atom. The van der Waals surface area contributed by atoms with Crippen molar-refractivity contribution in [3.05, 3.63) is 59.7 Å². The first-order valence-corrected chi connectivity index (χ1v) is 10.8. The minimum atomic E-state index is -0.469. The smallest absolute Gasteiger partial charge is 0.250 e. The molecule has 7 nitrogen and oxygen atoms in total. The van der Waals surface area contributed by atoms with Gasteiger partial charge in [-0.2, -0.15) is 0 Å². The second-order valence-corrected chi connectivity index (χ2v) is 8.54. The minimum absolute atomic E-state index is 0.451. The third kappa shape index (κ3) is 3.81. The van der Waals surface area contributed by atoms with E-state index in [4.69, 9.17) is 15.5 Å². The number of nitrogens with zero attached hydrogens (tertiary/aromatic N) is 3. The van der Waals surface area contributed by atoms with Crippen LogP contribution in [0.1, 0.15) is 15.9 Å². The Kier molecular flexibility index (Phi) is 5.28. The molecule has 4 aromatic rings. The van der Waals surface area contributed by atoms with Gasteiger partial charge in [0.1, 0.15) is 0 Å². The number of primary amides is 1. The predicted molar refractivity (Wildman–Crippen MR) is 128 cm³/mol. The van der Waals surface area contributed by atoms with Gasteiger partial charge in [-0.05, 0) is 50.0 Å². The van der Waals surface area contributed by atoms with Gasteiger partial charge in [-0.15, -0.1) is 0 Å². The molecule has 5 rings (SSSR count). The molecule has 0 aliphatic carbocycles. The molecule has 3 heterocycles. The molecule has 0 unspecified atom stereocenters. The Labute approximate surface area is 186 Å². The lowest BCUT2D eigenvalue weighted by atomic mass is 10.0. The number of nitrogens with two attached hydrogens (primary N) is 1. The van der Waals surface area contributed by atoms with E-state index >= 15 is 0 Å². The molecule has 32 heavy (non-hydrogen) atoms.